The fourth-order valence-corrected chi connectivity index (χ4v) is 5.76. The Hall–Kier alpha value is -2.88. The highest BCUT2D eigenvalue weighted by molar-refractivity contribution is 6.33. The molecule has 3 aromatic rings. The van der Waals surface area contributed by atoms with Gasteiger partial charge in [0.25, 0.3) is 5.91 Å². The molecule has 2 aliphatic heterocycles. The van der Waals surface area contributed by atoms with Gasteiger partial charge in [-0.2, -0.15) is 0 Å². The second-order valence-electron chi connectivity index (χ2n) is 9.30. The van der Waals surface area contributed by atoms with Crippen molar-refractivity contribution < 1.29 is 4.79 Å². The van der Waals surface area contributed by atoms with Gasteiger partial charge in [-0.1, -0.05) is 30.1 Å². The zero-order valence-electron chi connectivity index (χ0n) is 20.2. The van der Waals surface area contributed by atoms with Crippen molar-refractivity contribution in [1.29, 1.82) is 0 Å². The van der Waals surface area contributed by atoms with E-state index in [1.165, 1.54) is 0 Å². The molecule has 11 heteroatoms. The number of nitrogens with two attached hydrogens (primary N) is 1. The molecule has 0 bridgehead atoms. The third-order valence-corrected chi connectivity index (χ3v) is 7.72. The van der Waals surface area contributed by atoms with Crippen molar-refractivity contribution in [2.45, 2.75) is 38.3 Å². The molecule has 0 aromatic carbocycles. The number of likely N-dealkylation sites (tertiary alicyclic amines) is 1. The third kappa shape index (κ3) is 5.00. The maximum absolute atomic E-state index is 13.0. The van der Waals surface area contributed by atoms with E-state index in [1.54, 1.807) is 24.5 Å². The number of rotatable bonds is 5. The summed E-state index contributed by atoms with van der Waals surface area (Å²) in [5, 5.41) is 0.924. The number of aromatic amines is 1. The van der Waals surface area contributed by atoms with Gasteiger partial charge in [-0.15, -0.1) is 0 Å². The highest BCUT2D eigenvalue weighted by atomic mass is 35.5. The highest BCUT2D eigenvalue weighted by Crippen LogP contribution is 2.31. The summed E-state index contributed by atoms with van der Waals surface area (Å²) in [4.78, 5) is 35.8. The molecule has 2 saturated heterocycles. The molecule has 36 heavy (non-hydrogen) atoms. The van der Waals surface area contributed by atoms with Crippen LogP contribution >= 0.6 is 23.2 Å². The Morgan fingerprint density at radius 3 is 2.64 bits per heavy atom. The van der Waals surface area contributed by atoms with Gasteiger partial charge in [-0.25, -0.2) is 15.0 Å². The number of amides is 1. The molecule has 190 valence electrons. The second-order valence-corrected chi connectivity index (χ2v) is 10.1. The Morgan fingerprint density at radius 1 is 1.17 bits per heavy atom. The van der Waals surface area contributed by atoms with Crippen LogP contribution in [0, 0.1) is 0 Å². The number of piperazine rings is 1. The summed E-state index contributed by atoms with van der Waals surface area (Å²) in [7, 11) is 0. The number of anilines is 2. The normalized spacial score (nSPS) is 19.6. The van der Waals surface area contributed by atoms with E-state index in [-0.39, 0.29) is 16.9 Å². The first kappa shape index (κ1) is 24.8. The molecule has 2 aliphatic rings. The summed E-state index contributed by atoms with van der Waals surface area (Å²) < 4.78 is 0. The summed E-state index contributed by atoms with van der Waals surface area (Å²) in [5.74, 6) is 1.68. The number of nitrogens with zero attached hydrogens (tertiary/aromatic N) is 6. The number of hydrogen-bond acceptors (Lipinski definition) is 7. The van der Waals surface area contributed by atoms with Gasteiger partial charge in [0.2, 0.25) is 0 Å². The predicted molar refractivity (Wildman–Crippen MR) is 142 cm³/mol. The molecule has 0 saturated carbocycles. The number of nitrogen functional groups attached to an aromatic ring is 1. The Morgan fingerprint density at radius 2 is 1.97 bits per heavy atom. The van der Waals surface area contributed by atoms with Crippen LogP contribution in [0.3, 0.4) is 0 Å². The van der Waals surface area contributed by atoms with E-state index in [0.29, 0.717) is 35.8 Å². The Kier molecular flexibility index (Phi) is 7.32. The Bertz CT molecular complexity index is 1210. The van der Waals surface area contributed by atoms with Gasteiger partial charge in [0, 0.05) is 69.0 Å². The lowest BCUT2D eigenvalue weighted by atomic mass is 9.97. The SMILES string of the molecule is CC[C@H]1CN(c2ncc(-c3ncc[nH]3)cc2Cl)CCN1C1CCN(C(=O)c2ccc(Cl)nc2N)CC1. The van der Waals surface area contributed by atoms with E-state index < -0.39 is 0 Å². The van der Waals surface area contributed by atoms with Gasteiger partial charge in [-0.3, -0.25) is 9.69 Å². The summed E-state index contributed by atoms with van der Waals surface area (Å²) in [6.07, 6.45) is 8.22. The van der Waals surface area contributed by atoms with E-state index in [9.17, 15) is 4.79 Å². The number of carbonyl (C=O) groups is 1. The van der Waals surface area contributed by atoms with Crippen LogP contribution in [-0.2, 0) is 0 Å². The molecule has 3 aromatic heterocycles. The first-order valence-corrected chi connectivity index (χ1v) is 13.1. The number of H-pyrrole nitrogens is 1. The lowest BCUT2D eigenvalue weighted by Gasteiger charge is -2.47. The number of carbonyl (C=O) groups excluding carboxylic acids is 1. The van der Waals surface area contributed by atoms with Crippen LogP contribution in [0.15, 0.2) is 36.8 Å². The molecule has 5 heterocycles. The average Bonchev–Trinajstić information content (AvgIpc) is 3.43. The third-order valence-electron chi connectivity index (χ3n) is 7.23. The number of nitrogens with one attached hydrogen (secondary N) is 1. The molecule has 5 rings (SSSR count). The van der Waals surface area contributed by atoms with Gasteiger partial charge in [0.1, 0.15) is 22.6 Å². The molecule has 0 radical (unpaired) electrons. The van der Waals surface area contributed by atoms with Crippen LogP contribution in [-0.4, -0.2) is 80.5 Å². The van der Waals surface area contributed by atoms with E-state index in [2.05, 4.69) is 36.7 Å². The molecule has 0 unspecified atom stereocenters. The standard InChI is InChI=1S/C25H30Cl2N8O/c1-2-17-15-34(24-20(26)13-16(14-31-24)23-29-7-8-30-23)11-12-35(17)18-5-9-33(10-6-18)25(36)19-3-4-21(27)32-22(19)28/h3-4,7-8,13-14,17-18H,2,5-6,9-12,15H2,1H3,(H2,28,32)(H,29,30)/t17-/m0/s1. The van der Waals surface area contributed by atoms with E-state index in [0.717, 1.165) is 56.1 Å². The fourth-order valence-electron chi connectivity index (χ4n) is 5.32. The van der Waals surface area contributed by atoms with Crippen LogP contribution in [0.25, 0.3) is 11.4 Å². The van der Waals surface area contributed by atoms with E-state index >= 15 is 0 Å². The number of hydrogen-bond donors (Lipinski definition) is 2. The molecule has 3 N–H and O–H groups in total. The van der Waals surface area contributed by atoms with E-state index in [1.807, 2.05) is 17.2 Å². The van der Waals surface area contributed by atoms with Crippen molar-refractivity contribution in [3.05, 3.63) is 52.5 Å². The first-order valence-electron chi connectivity index (χ1n) is 12.3. The zero-order chi connectivity index (χ0) is 25.2. The Balaban J connectivity index is 1.21. The Labute approximate surface area is 220 Å². The van der Waals surface area contributed by atoms with Crippen molar-refractivity contribution in [2.75, 3.05) is 43.4 Å². The van der Waals surface area contributed by atoms with Crippen LogP contribution in [0.5, 0.6) is 0 Å². The molecular weight excluding hydrogens is 499 g/mol. The molecule has 1 atom stereocenters. The van der Waals surface area contributed by atoms with Gasteiger partial charge in [0.15, 0.2) is 0 Å². The molecule has 0 spiro atoms. The zero-order valence-corrected chi connectivity index (χ0v) is 21.7. The van der Waals surface area contributed by atoms with Crippen LogP contribution in [0.1, 0.15) is 36.5 Å². The second kappa shape index (κ2) is 10.6. The lowest BCUT2D eigenvalue weighted by Crippen LogP contribution is -2.58. The number of pyridine rings is 2. The van der Waals surface area contributed by atoms with Gasteiger partial charge in [-0.05, 0) is 37.5 Å². The smallest absolute Gasteiger partial charge is 0.257 e. The molecule has 0 aliphatic carbocycles. The predicted octanol–water partition coefficient (Wildman–Crippen LogP) is 3.96. The summed E-state index contributed by atoms with van der Waals surface area (Å²) in [5.41, 5.74) is 7.23. The maximum atomic E-state index is 13.0. The fraction of sp³-hybridized carbons (Fsp3) is 0.440. The summed E-state index contributed by atoms with van der Waals surface area (Å²) >= 11 is 12.5. The molecule has 9 nitrogen and oxygen atoms in total. The summed E-state index contributed by atoms with van der Waals surface area (Å²) in [6, 6.07) is 6.02. The monoisotopic (exact) mass is 528 g/mol. The van der Waals surface area contributed by atoms with Crippen molar-refractivity contribution in [1.82, 2.24) is 29.7 Å². The lowest BCUT2D eigenvalue weighted by molar-refractivity contribution is 0.0491. The minimum absolute atomic E-state index is 0.0781. The van der Waals surface area contributed by atoms with Crippen LogP contribution < -0.4 is 10.6 Å². The van der Waals surface area contributed by atoms with Gasteiger partial charge in [0.05, 0.1) is 10.6 Å². The van der Waals surface area contributed by atoms with Crippen LogP contribution in [0.4, 0.5) is 11.6 Å². The number of aromatic nitrogens is 4. The average molecular weight is 529 g/mol. The highest BCUT2D eigenvalue weighted by Gasteiger charge is 2.35. The van der Waals surface area contributed by atoms with Gasteiger partial charge < -0.3 is 20.5 Å². The van der Waals surface area contributed by atoms with Crippen molar-refractivity contribution in [2.24, 2.45) is 0 Å². The number of piperidine rings is 1. The minimum atomic E-state index is -0.0781. The summed E-state index contributed by atoms with van der Waals surface area (Å²) in [6.45, 7) is 6.28. The van der Waals surface area contributed by atoms with Crippen molar-refractivity contribution in [3.63, 3.8) is 0 Å². The topological polar surface area (TPSA) is 107 Å². The largest absolute Gasteiger partial charge is 0.383 e. The van der Waals surface area contributed by atoms with Gasteiger partial charge >= 0.3 is 0 Å². The van der Waals surface area contributed by atoms with Crippen molar-refractivity contribution in [3.8, 4) is 11.4 Å². The van der Waals surface area contributed by atoms with E-state index in [4.69, 9.17) is 28.9 Å². The number of halogens is 2. The van der Waals surface area contributed by atoms with Crippen LogP contribution in [0.2, 0.25) is 10.2 Å². The molecular formula is C25H30Cl2N8O. The quantitative estimate of drug-likeness (QED) is 0.482. The molecule has 1 amide bonds. The maximum Gasteiger partial charge on any atom is 0.257 e. The first-order chi connectivity index (χ1) is 17.4. The minimum Gasteiger partial charge on any atom is -0.383 e. The number of imidazole rings is 1. The molecule has 2 fully saturated rings. The van der Waals surface area contributed by atoms with Crippen molar-refractivity contribution >= 4 is 40.7 Å².